The summed E-state index contributed by atoms with van der Waals surface area (Å²) in [7, 11) is 2.83. The number of nitrogens with zero attached hydrogens (tertiary/aromatic N) is 1. The van der Waals surface area contributed by atoms with Gasteiger partial charge in [-0.15, -0.1) is 0 Å². The maximum Gasteiger partial charge on any atom is 0.329 e. The van der Waals surface area contributed by atoms with Crippen LogP contribution in [0.25, 0.3) is 0 Å². The molecule has 0 radical (unpaired) electrons. The number of carbonyl (C=O) groups is 3. The minimum Gasteiger partial charge on any atom is -0.480 e. The molecule has 1 heterocycles. The van der Waals surface area contributed by atoms with Crippen molar-refractivity contribution in [2.24, 2.45) is 0 Å². The Balaban J connectivity index is 2.12. The van der Waals surface area contributed by atoms with Crippen molar-refractivity contribution in [3.05, 3.63) is 35.4 Å². The van der Waals surface area contributed by atoms with Gasteiger partial charge in [-0.05, 0) is 12.1 Å². The summed E-state index contributed by atoms with van der Waals surface area (Å²) < 4.78 is 15.1. The summed E-state index contributed by atoms with van der Waals surface area (Å²) in [5.41, 5.74) is 0.380. The molecule has 0 spiro atoms. The molecule has 0 saturated heterocycles. The quantitative estimate of drug-likeness (QED) is 0.544. The minimum atomic E-state index is -1.42. The second kappa shape index (κ2) is 7.32. The van der Waals surface area contributed by atoms with Crippen molar-refractivity contribution in [2.45, 2.75) is 12.3 Å². The third-order valence-corrected chi connectivity index (χ3v) is 3.48. The fourth-order valence-electron chi connectivity index (χ4n) is 2.26. The van der Waals surface area contributed by atoms with Crippen LogP contribution in [0.5, 0.6) is 0 Å². The molecule has 0 fully saturated rings. The number of rotatable bonds is 8. The Labute approximate surface area is 132 Å². The first-order valence-corrected chi connectivity index (χ1v) is 6.84. The molecule has 8 nitrogen and oxygen atoms in total. The number of hydrogen-bond donors (Lipinski definition) is 1. The van der Waals surface area contributed by atoms with Crippen molar-refractivity contribution in [1.29, 1.82) is 0 Å². The topological polar surface area (TPSA) is 102 Å². The summed E-state index contributed by atoms with van der Waals surface area (Å²) in [4.78, 5) is 36.8. The average Bonchev–Trinajstić information content (AvgIpc) is 2.80. The van der Waals surface area contributed by atoms with Crippen LogP contribution in [0.2, 0.25) is 0 Å². The molecule has 124 valence electrons. The van der Waals surface area contributed by atoms with Crippen LogP contribution in [0, 0.1) is 0 Å². The SMILES string of the molecule is COC(COC[C@@H](C(=O)O)N1C(=O)c2ccccc2C1=O)OC. The first-order valence-electron chi connectivity index (χ1n) is 6.84. The number of methoxy groups -OCH3 is 2. The van der Waals surface area contributed by atoms with Gasteiger partial charge in [-0.3, -0.25) is 14.5 Å². The molecular weight excluding hydrogens is 306 g/mol. The van der Waals surface area contributed by atoms with E-state index in [1.165, 1.54) is 26.4 Å². The smallest absolute Gasteiger partial charge is 0.329 e. The number of benzene rings is 1. The highest BCUT2D eigenvalue weighted by atomic mass is 16.7. The number of carboxylic acids is 1. The molecule has 23 heavy (non-hydrogen) atoms. The number of carbonyl (C=O) groups excluding carboxylic acids is 2. The number of ether oxygens (including phenoxy) is 3. The second-order valence-corrected chi connectivity index (χ2v) is 4.82. The number of imide groups is 1. The lowest BCUT2D eigenvalue weighted by Gasteiger charge is -2.23. The van der Waals surface area contributed by atoms with E-state index >= 15 is 0 Å². The monoisotopic (exact) mass is 323 g/mol. The van der Waals surface area contributed by atoms with Crippen LogP contribution in [0.3, 0.4) is 0 Å². The zero-order chi connectivity index (χ0) is 17.0. The Kier molecular flexibility index (Phi) is 5.43. The first kappa shape index (κ1) is 17.1. The zero-order valence-electron chi connectivity index (χ0n) is 12.7. The van der Waals surface area contributed by atoms with Gasteiger partial charge in [-0.2, -0.15) is 0 Å². The van der Waals surface area contributed by atoms with Crippen molar-refractivity contribution in [3.63, 3.8) is 0 Å². The number of amides is 2. The molecule has 0 unspecified atom stereocenters. The molecule has 1 atom stereocenters. The minimum absolute atomic E-state index is 0.0278. The van der Waals surface area contributed by atoms with Gasteiger partial charge in [-0.25, -0.2) is 4.79 Å². The lowest BCUT2D eigenvalue weighted by molar-refractivity contribution is -0.153. The molecule has 2 amide bonds. The molecule has 0 bridgehead atoms. The van der Waals surface area contributed by atoms with Gasteiger partial charge < -0.3 is 19.3 Å². The maximum atomic E-state index is 12.3. The Morgan fingerprint density at radius 1 is 1.09 bits per heavy atom. The molecule has 1 aromatic rings. The molecule has 0 saturated carbocycles. The average molecular weight is 323 g/mol. The highest BCUT2D eigenvalue weighted by molar-refractivity contribution is 6.22. The third-order valence-electron chi connectivity index (χ3n) is 3.48. The van der Waals surface area contributed by atoms with Crippen molar-refractivity contribution in [1.82, 2.24) is 4.90 Å². The maximum absolute atomic E-state index is 12.3. The van der Waals surface area contributed by atoms with E-state index in [-0.39, 0.29) is 24.3 Å². The molecular formula is C15H17NO7. The van der Waals surface area contributed by atoms with Crippen LogP contribution in [0.4, 0.5) is 0 Å². The fourth-order valence-corrected chi connectivity index (χ4v) is 2.26. The number of fused-ring (bicyclic) bond motifs is 1. The van der Waals surface area contributed by atoms with E-state index in [1.54, 1.807) is 12.1 Å². The van der Waals surface area contributed by atoms with Gasteiger partial charge in [0.05, 0.1) is 24.3 Å². The zero-order valence-corrected chi connectivity index (χ0v) is 12.7. The lowest BCUT2D eigenvalue weighted by Crippen LogP contribution is -2.48. The summed E-state index contributed by atoms with van der Waals surface area (Å²) in [6.45, 7) is -0.385. The van der Waals surface area contributed by atoms with Crippen LogP contribution >= 0.6 is 0 Å². The molecule has 1 aromatic carbocycles. The molecule has 2 rings (SSSR count). The van der Waals surface area contributed by atoms with Crippen molar-refractivity contribution < 1.29 is 33.7 Å². The van der Waals surface area contributed by atoms with Crippen molar-refractivity contribution >= 4 is 17.8 Å². The summed E-state index contributed by atoms with van der Waals surface area (Å²) in [6.07, 6.45) is -0.661. The summed E-state index contributed by atoms with van der Waals surface area (Å²) in [6, 6.07) is 4.78. The normalized spacial score (nSPS) is 15.2. The van der Waals surface area contributed by atoms with E-state index in [0.29, 0.717) is 4.90 Å². The van der Waals surface area contributed by atoms with Crippen LogP contribution in [0.15, 0.2) is 24.3 Å². The molecule has 1 aliphatic heterocycles. The van der Waals surface area contributed by atoms with Gasteiger partial charge in [-0.1, -0.05) is 12.1 Å². The Bertz CT molecular complexity index is 577. The Hall–Kier alpha value is -2.29. The van der Waals surface area contributed by atoms with E-state index in [0.717, 1.165) is 0 Å². The number of carboxylic acid groups (broad SMARTS) is 1. The summed E-state index contributed by atoms with van der Waals surface area (Å²) in [5, 5.41) is 9.34. The molecule has 1 aliphatic rings. The van der Waals surface area contributed by atoms with Crippen molar-refractivity contribution in [2.75, 3.05) is 27.4 Å². The summed E-state index contributed by atoms with van der Waals surface area (Å²) >= 11 is 0. The summed E-state index contributed by atoms with van der Waals surface area (Å²) in [5.74, 6) is -2.61. The molecule has 8 heteroatoms. The van der Waals surface area contributed by atoms with Gasteiger partial charge in [0.25, 0.3) is 11.8 Å². The first-order chi connectivity index (χ1) is 11.0. The van der Waals surface area contributed by atoms with Crippen LogP contribution in [0.1, 0.15) is 20.7 Å². The van der Waals surface area contributed by atoms with Gasteiger partial charge in [0.1, 0.15) is 0 Å². The third kappa shape index (κ3) is 3.39. The largest absolute Gasteiger partial charge is 0.480 e. The van der Waals surface area contributed by atoms with Crippen LogP contribution in [-0.2, 0) is 19.0 Å². The van der Waals surface area contributed by atoms with Gasteiger partial charge >= 0.3 is 5.97 Å². The van der Waals surface area contributed by atoms with Gasteiger partial charge in [0.2, 0.25) is 0 Å². The lowest BCUT2D eigenvalue weighted by atomic mass is 10.1. The van der Waals surface area contributed by atoms with E-state index < -0.39 is 30.1 Å². The van der Waals surface area contributed by atoms with E-state index in [1.807, 2.05) is 0 Å². The second-order valence-electron chi connectivity index (χ2n) is 4.82. The van der Waals surface area contributed by atoms with Crippen molar-refractivity contribution in [3.8, 4) is 0 Å². The van der Waals surface area contributed by atoms with Crippen LogP contribution < -0.4 is 0 Å². The Morgan fingerprint density at radius 3 is 2.04 bits per heavy atom. The van der Waals surface area contributed by atoms with Gasteiger partial charge in [0.15, 0.2) is 12.3 Å². The van der Waals surface area contributed by atoms with Gasteiger partial charge in [0, 0.05) is 14.2 Å². The number of hydrogen-bond acceptors (Lipinski definition) is 6. The van der Waals surface area contributed by atoms with E-state index in [9.17, 15) is 19.5 Å². The molecule has 0 aromatic heterocycles. The van der Waals surface area contributed by atoms with Crippen LogP contribution in [-0.4, -0.2) is 67.6 Å². The van der Waals surface area contributed by atoms with E-state index in [2.05, 4.69) is 0 Å². The standard InChI is InChI=1S/C15H17NO7/c1-21-12(22-2)8-23-7-11(15(19)20)16-13(17)9-5-3-4-6-10(9)14(16)18/h3-6,11-12H,7-8H2,1-2H3,(H,19,20)/t11-/m0/s1. The molecule has 1 N–H and O–H groups in total. The number of aliphatic carboxylic acids is 1. The fraction of sp³-hybridized carbons (Fsp3) is 0.400. The van der Waals surface area contributed by atoms with E-state index in [4.69, 9.17) is 14.2 Å². The predicted octanol–water partition coefficient (Wildman–Crippen LogP) is 0.371. The molecule has 0 aliphatic carbocycles. The highest BCUT2D eigenvalue weighted by Crippen LogP contribution is 2.24. The Morgan fingerprint density at radius 2 is 1.61 bits per heavy atom. The predicted molar refractivity (Wildman–Crippen MR) is 77.0 cm³/mol. The highest BCUT2D eigenvalue weighted by Gasteiger charge is 2.42.